The van der Waals surface area contributed by atoms with Crippen LogP contribution in [0.25, 0.3) is 0 Å². The molecule has 4 heteroatoms. The molecule has 0 spiro atoms. The highest BCUT2D eigenvalue weighted by atomic mass is 28.4. The van der Waals surface area contributed by atoms with Crippen molar-refractivity contribution in [3.63, 3.8) is 0 Å². The molecule has 0 N–H and O–H groups in total. The number of hydrogen-bond acceptors (Lipinski definition) is 3. The summed E-state index contributed by atoms with van der Waals surface area (Å²) in [4.78, 5) is 14.6. The van der Waals surface area contributed by atoms with Gasteiger partial charge in [0.05, 0.1) is 6.04 Å². The molecule has 1 saturated heterocycles. The van der Waals surface area contributed by atoms with Crippen molar-refractivity contribution in [2.24, 2.45) is 5.92 Å². The molecule has 3 nitrogen and oxygen atoms in total. The van der Waals surface area contributed by atoms with Crippen molar-refractivity contribution in [3.05, 3.63) is 48.6 Å². The van der Waals surface area contributed by atoms with Crippen molar-refractivity contribution in [3.8, 4) is 0 Å². The standard InChI is InChI=1S/C22H35NO2Si/c1-8-20-19(16-25-26(6,7)22(3,4)5)14-21(17(2)24)23(20)15-18-12-10-9-11-13-18/h8-13,19-21H,1,14-16H2,2-7H3/t19-,20-,21+/m0/s1. The van der Waals surface area contributed by atoms with Gasteiger partial charge in [-0.2, -0.15) is 0 Å². The quantitative estimate of drug-likeness (QED) is 0.495. The molecular formula is C22H35NO2Si. The lowest BCUT2D eigenvalue weighted by molar-refractivity contribution is -0.121. The molecule has 0 radical (unpaired) electrons. The molecule has 0 amide bonds. The van der Waals surface area contributed by atoms with E-state index in [0.717, 1.165) is 13.0 Å². The lowest BCUT2D eigenvalue weighted by Crippen LogP contribution is -2.43. The molecule has 2 rings (SSSR count). The third kappa shape index (κ3) is 4.73. The zero-order valence-electron chi connectivity index (χ0n) is 17.3. The maximum Gasteiger partial charge on any atom is 0.191 e. The molecule has 1 heterocycles. The maximum atomic E-state index is 12.3. The fourth-order valence-corrected chi connectivity index (χ4v) is 4.54. The predicted molar refractivity (Wildman–Crippen MR) is 112 cm³/mol. The molecule has 0 unspecified atom stereocenters. The summed E-state index contributed by atoms with van der Waals surface area (Å²) in [6, 6.07) is 10.5. The van der Waals surface area contributed by atoms with Crippen LogP contribution in [-0.4, -0.2) is 37.7 Å². The van der Waals surface area contributed by atoms with E-state index in [4.69, 9.17) is 4.43 Å². The normalized spacial score (nSPS) is 24.6. The van der Waals surface area contributed by atoms with Crippen LogP contribution in [0.5, 0.6) is 0 Å². The Kier molecular flexibility index (Phi) is 6.64. The summed E-state index contributed by atoms with van der Waals surface area (Å²) < 4.78 is 6.49. The average Bonchev–Trinajstić information content (AvgIpc) is 2.90. The monoisotopic (exact) mass is 373 g/mol. The lowest BCUT2D eigenvalue weighted by Gasteiger charge is -2.37. The molecule has 1 aliphatic rings. The first-order valence-corrected chi connectivity index (χ1v) is 12.5. The topological polar surface area (TPSA) is 29.5 Å². The van der Waals surface area contributed by atoms with Gasteiger partial charge in [0, 0.05) is 25.1 Å². The second-order valence-electron chi connectivity index (χ2n) is 9.08. The minimum absolute atomic E-state index is 0.0498. The van der Waals surface area contributed by atoms with E-state index in [1.54, 1.807) is 6.92 Å². The van der Waals surface area contributed by atoms with Gasteiger partial charge in [-0.15, -0.1) is 6.58 Å². The summed E-state index contributed by atoms with van der Waals surface area (Å²) in [5.74, 6) is 0.557. The number of Topliss-reactive ketones (excluding diaryl/α,β-unsaturated/α-hetero) is 1. The molecule has 1 fully saturated rings. The molecule has 0 saturated carbocycles. The number of carbonyl (C=O) groups excluding carboxylic acids is 1. The molecule has 0 aliphatic carbocycles. The smallest absolute Gasteiger partial charge is 0.191 e. The van der Waals surface area contributed by atoms with E-state index in [-0.39, 0.29) is 22.9 Å². The van der Waals surface area contributed by atoms with Gasteiger partial charge in [-0.05, 0) is 37.0 Å². The van der Waals surface area contributed by atoms with E-state index in [1.807, 2.05) is 12.1 Å². The highest BCUT2D eigenvalue weighted by Crippen LogP contribution is 2.39. The Morgan fingerprint density at radius 3 is 2.42 bits per heavy atom. The molecule has 144 valence electrons. The third-order valence-electron chi connectivity index (χ3n) is 6.18. The largest absolute Gasteiger partial charge is 0.416 e. The van der Waals surface area contributed by atoms with E-state index in [1.165, 1.54) is 5.56 Å². The van der Waals surface area contributed by atoms with Crippen molar-refractivity contribution in [2.75, 3.05) is 6.61 Å². The van der Waals surface area contributed by atoms with Gasteiger partial charge < -0.3 is 4.43 Å². The van der Waals surface area contributed by atoms with E-state index in [9.17, 15) is 4.79 Å². The van der Waals surface area contributed by atoms with Crippen LogP contribution < -0.4 is 0 Å². The Morgan fingerprint density at radius 1 is 1.31 bits per heavy atom. The average molecular weight is 374 g/mol. The lowest BCUT2D eigenvalue weighted by atomic mass is 9.99. The van der Waals surface area contributed by atoms with Gasteiger partial charge in [0.1, 0.15) is 5.78 Å². The van der Waals surface area contributed by atoms with Gasteiger partial charge in [0.25, 0.3) is 0 Å². The zero-order chi connectivity index (χ0) is 19.5. The van der Waals surface area contributed by atoms with Crippen molar-refractivity contribution in [2.45, 2.75) is 70.9 Å². The van der Waals surface area contributed by atoms with Crippen LogP contribution in [0, 0.1) is 5.92 Å². The summed E-state index contributed by atoms with van der Waals surface area (Å²) in [7, 11) is -1.80. The van der Waals surface area contributed by atoms with Crippen LogP contribution in [0.4, 0.5) is 0 Å². The summed E-state index contributed by atoms with van der Waals surface area (Å²) in [5, 5.41) is 0.193. The van der Waals surface area contributed by atoms with Gasteiger partial charge in [-0.25, -0.2) is 0 Å². The van der Waals surface area contributed by atoms with E-state index in [2.05, 4.69) is 69.6 Å². The second kappa shape index (κ2) is 8.20. The number of ketones is 1. The number of benzene rings is 1. The Morgan fingerprint density at radius 2 is 1.92 bits per heavy atom. The highest BCUT2D eigenvalue weighted by molar-refractivity contribution is 6.74. The van der Waals surface area contributed by atoms with Crippen LogP contribution in [0.1, 0.15) is 39.7 Å². The van der Waals surface area contributed by atoms with Gasteiger partial charge in [0.15, 0.2) is 8.32 Å². The van der Waals surface area contributed by atoms with Gasteiger partial charge in [-0.3, -0.25) is 9.69 Å². The van der Waals surface area contributed by atoms with Crippen molar-refractivity contribution >= 4 is 14.1 Å². The summed E-state index contributed by atoms with van der Waals surface area (Å²) in [6.45, 7) is 18.6. The Labute approximate surface area is 160 Å². The van der Waals surface area contributed by atoms with Crippen LogP contribution in [0.2, 0.25) is 18.1 Å². The van der Waals surface area contributed by atoms with Crippen LogP contribution in [0.15, 0.2) is 43.0 Å². The molecule has 1 aromatic rings. The van der Waals surface area contributed by atoms with Crippen molar-refractivity contribution < 1.29 is 9.22 Å². The maximum absolute atomic E-state index is 12.3. The fraction of sp³-hybridized carbons (Fsp3) is 0.591. The van der Waals surface area contributed by atoms with Gasteiger partial charge in [-0.1, -0.05) is 57.2 Å². The fourth-order valence-electron chi connectivity index (χ4n) is 3.48. The molecule has 26 heavy (non-hydrogen) atoms. The number of likely N-dealkylation sites (tertiary alicyclic amines) is 1. The minimum Gasteiger partial charge on any atom is -0.416 e. The first-order chi connectivity index (χ1) is 12.1. The highest BCUT2D eigenvalue weighted by Gasteiger charge is 2.44. The number of rotatable bonds is 7. The SMILES string of the molecule is C=C[C@H]1[C@H](CO[Si](C)(C)C(C)(C)C)C[C@H](C(C)=O)N1Cc1ccccc1. The Bertz CT molecular complexity index is 621. The summed E-state index contributed by atoms with van der Waals surface area (Å²) >= 11 is 0. The Balaban J connectivity index is 2.16. The predicted octanol–water partition coefficient (Wildman–Crippen LogP) is 5.04. The molecule has 1 aliphatic heterocycles. The number of carbonyl (C=O) groups is 1. The number of nitrogens with zero attached hydrogens (tertiary/aromatic N) is 1. The van der Waals surface area contributed by atoms with Gasteiger partial charge in [0.2, 0.25) is 0 Å². The molecule has 3 atom stereocenters. The van der Waals surface area contributed by atoms with Crippen LogP contribution >= 0.6 is 0 Å². The molecule has 1 aromatic carbocycles. The van der Waals surface area contributed by atoms with Gasteiger partial charge >= 0.3 is 0 Å². The minimum atomic E-state index is -1.80. The van der Waals surface area contributed by atoms with Crippen molar-refractivity contribution in [1.29, 1.82) is 0 Å². The van der Waals surface area contributed by atoms with E-state index in [0.29, 0.717) is 12.5 Å². The molecule has 0 bridgehead atoms. The number of hydrogen-bond donors (Lipinski definition) is 0. The van der Waals surface area contributed by atoms with E-state index < -0.39 is 8.32 Å². The second-order valence-corrected chi connectivity index (χ2v) is 13.9. The summed E-state index contributed by atoms with van der Waals surface area (Å²) in [5.41, 5.74) is 1.23. The van der Waals surface area contributed by atoms with Crippen LogP contribution in [0.3, 0.4) is 0 Å². The molecular weight excluding hydrogens is 338 g/mol. The van der Waals surface area contributed by atoms with E-state index >= 15 is 0 Å². The van der Waals surface area contributed by atoms with Crippen molar-refractivity contribution in [1.82, 2.24) is 4.90 Å². The zero-order valence-corrected chi connectivity index (χ0v) is 18.3. The van der Waals surface area contributed by atoms with Crippen LogP contribution in [-0.2, 0) is 15.8 Å². The summed E-state index contributed by atoms with van der Waals surface area (Å²) in [6.07, 6.45) is 2.86. The first-order valence-electron chi connectivity index (χ1n) is 9.63. The Hall–Kier alpha value is -1.23. The first kappa shape index (κ1) is 21.1. The molecule has 0 aromatic heterocycles. The third-order valence-corrected chi connectivity index (χ3v) is 10.7.